The number of carboxylic acids is 1. The lowest BCUT2D eigenvalue weighted by atomic mass is 10.3. The zero-order chi connectivity index (χ0) is 15.6. The van der Waals surface area contributed by atoms with E-state index >= 15 is 0 Å². The standard InChI is InChI=1S/C12H14N4O4S/c1-15-6-11(14-8-15)21(19,20)16(7-12(17)18)10-5-3-2-4-9(10)13/h2-6,8H,7,13H2,1H3,(H,17,18). The fourth-order valence-corrected chi connectivity index (χ4v) is 3.18. The summed E-state index contributed by atoms with van der Waals surface area (Å²) in [7, 11) is -2.49. The van der Waals surface area contributed by atoms with Crippen LogP contribution in [0, 0.1) is 0 Å². The molecule has 0 atom stereocenters. The van der Waals surface area contributed by atoms with Crippen LogP contribution in [0.5, 0.6) is 0 Å². The van der Waals surface area contributed by atoms with Gasteiger partial charge in [-0.1, -0.05) is 12.1 Å². The Morgan fingerprint density at radius 1 is 1.43 bits per heavy atom. The predicted molar refractivity (Wildman–Crippen MR) is 76.2 cm³/mol. The second kappa shape index (κ2) is 5.44. The van der Waals surface area contributed by atoms with E-state index in [1.54, 1.807) is 19.2 Å². The lowest BCUT2D eigenvalue weighted by Gasteiger charge is -2.22. The molecule has 0 spiro atoms. The maximum atomic E-state index is 12.6. The molecule has 0 aliphatic rings. The third kappa shape index (κ3) is 2.97. The number of aliphatic carboxylic acids is 1. The number of hydrogen-bond acceptors (Lipinski definition) is 5. The molecule has 0 fully saturated rings. The number of para-hydroxylation sites is 2. The van der Waals surface area contributed by atoms with Crippen molar-refractivity contribution >= 4 is 27.4 Å². The summed E-state index contributed by atoms with van der Waals surface area (Å²) in [5, 5.41) is 8.74. The molecule has 8 nitrogen and oxygen atoms in total. The van der Waals surface area contributed by atoms with Gasteiger partial charge in [-0.05, 0) is 12.1 Å². The molecule has 0 bridgehead atoms. The van der Waals surface area contributed by atoms with Crippen LogP contribution in [0.25, 0.3) is 0 Å². The number of anilines is 2. The topological polar surface area (TPSA) is 119 Å². The van der Waals surface area contributed by atoms with Gasteiger partial charge in [0.2, 0.25) is 0 Å². The summed E-state index contributed by atoms with van der Waals surface area (Å²) in [5.74, 6) is -1.29. The average molecular weight is 310 g/mol. The molecular weight excluding hydrogens is 296 g/mol. The highest BCUT2D eigenvalue weighted by Crippen LogP contribution is 2.27. The van der Waals surface area contributed by atoms with Crippen LogP contribution < -0.4 is 10.0 Å². The molecule has 0 amide bonds. The molecule has 112 valence electrons. The van der Waals surface area contributed by atoms with Crippen molar-refractivity contribution in [2.24, 2.45) is 7.05 Å². The zero-order valence-electron chi connectivity index (χ0n) is 11.2. The van der Waals surface area contributed by atoms with Gasteiger partial charge in [-0.3, -0.25) is 9.10 Å². The van der Waals surface area contributed by atoms with E-state index in [1.807, 2.05) is 0 Å². The lowest BCUT2D eigenvalue weighted by Crippen LogP contribution is -2.36. The first-order valence-electron chi connectivity index (χ1n) is 5.89. The summed E-state index contributed by atoms with van der Waals surface area (Å²) < 4.78 is 27.3. The molecule has 3 N–H and O–H groups in total. The number of aryl methyl sites for hydroxylation is 1. The third-order valence-electron chi connectivity index (χ3n) is 2.72. The number of rotatable bonds is 5. The number of sulfonamides is 1. The highest BCUT2D eigenvalue weighted by atomic mass is 32.2. The molecular formula is C12H14N4O4S. The molecule has 0 unspecified atom stereocenters. The van der Waals surface area contributed by atoms with Gasteiger partial charge in [0.25, 0.3) is 10.0 Å². The van der Waals surface area contributed by atoms with Crippen molar-refractivity contribution in [3.63, 3.8) is 0 Å². The van der Waals surface area contributed by atoms with Crippen molar-refractivity contribution in [2.75, 3.05) is 16.6 Å². The molecule has 0 saturated heterocycles. The van der Waals surface area contributed by atoms with Gasteiger partial charge in [0.1, 0.15) is 6.54 Å². The van der Waals surface area contributed by atoms with Crippen LogP contribution in [-0.4, -0.2) is 35.6 Å². The molecule has 0 saturated carbocycles. The number of carboxylic acid groups (broad SMARTS) is 1. The van der Waals surface area contributed by atoms with Crippen molar-refractivity contribution in [3.8, 4) is 0 Å². The van der Waals surface area contributed by atoms with Gasteiger partial charge < -0.3 is 15.4 Å². The molecule has 1 heterocycles. The highest BCUT2D eigenvalue weighted by molar-refractivity contribution is 7.92. The largest absolute Gasteiger partial charge is 0.480 e. The van der Waals surface area contributed by atoms with Crippen molar-refractivity contribution < 1.29 is 18.3 Å². The summed E-state index contributed by atoms with van der Waals surface area (Å²) in [6.07, 6.45) is 2.61. The van der Waals surface area contributed by atoms with Gasteiger partial charge in [-0.25, -0.2) is 4.98 Å². The van der Waals surface area contributed by atoms with E-state index in [1.165, 1.54) is 29.2 Å². The van der Waals surface area contributed by atoms with Crippen molar-refractivity contribution in [2.45, 2.75) is 5.03 Å². The molecule has 2 rings (SSSR count). The van der Waals surface area contributed by atoms with Crippen LogP contribution in [0.2, 0.25) is 0 Å². The normalized spacial score (nSPS) is 11.3. The quantitative estimate of drug-likeness (QED) is 0.766. The van der Waals surface area contributed by atoms with Gasteiger partial charge in [0.05, 0.1) is 17.7 Å². The van der Waals surface area contributed by atoms with Gasteiger partial charge in [0, 0.05) is 13.2 Å². The SMILES string of the molecule is Cn1cnc(S(=O)(=O)N(CC(=O)O)c2ccccc2N)c1. The maximum absolute atomic E-state index is 12.6. The number of benzene rings is 1. The first-order chi connectivity index (χ1) is 9.82. The van der Waals surface area contributed by atoms with Gasteiger partial charge in [0.15, 0.2) is 5.03 Å². The Morgan fingerprint density at radius 3 is 2.62 bits per heavy atom. The van der Waals surface area contributed by atoms with E-state index in [-0.39, 0.29) is 16.4 Å². The number of carbonyl (C=O) groups is 1. The fraction of sp³-hybridized carbons (Fsp3) is 0.167. The van der Waals surface area contributed by atoms with Gasteiger partial charge in [-0.15, -0.1) is 0 Å². The van der Waals surface area contributed by atoms with Crippen LogP contribution in [0.15, 0.2) is 41.8 Å². The van der Waals surface area contributed by atoms with Gasteiger partial charge >= 0.3 is 5.97 Å². The Hall–Kier alpha value is -2.55. The number of imidazole rings is 1. The van der Waals surface area contributed by atoms with Crippen molar-refractivity contribution in [3.05, 3.63) is 36.8 Å². The molecule has 0 radical (unpaired) electrons. The van der Waals surface area contributed by atoms with Crippen molar-refractivity contribution in [1.29, 1.82) is 0 Å². The first kappa shape index (κ1) is 14.9. The van der Waals surface area contributed by atoms with Crippen molar-refractivity contribution in [1.82, 2.24) is 9.55 Å². The molecule has 9 heteroatoms. The van der Waals surface area contributed by atoms with E-state index in [2.05, 4.69) is 4.98 Å². The Kier molecular flexibility index (Phi) is 3.85. The molecule has 1 aromatic carbocycles. The van der Waals surface area contributed by atoms with Gasteiger partial charge in [-0.2, -0.15) is 8.42 Å². The minimum absolute atomic E-state index is 0.102. The molecule has 0 aliphatic carbocycles. The number of nitrogens with two attached hydrogens (primary N) is 1. The summed E-state index contributed by atoms with van der Waals surface area (Å²) in [4.78, 5) is 14.8. The summed E-state index contributed by atoms with van der Waals surface area (Å²) in [6, 6.07) is 6.15. The minimum Gasteiger partial charge on any atom is -0.480 e. The van der Waals surface area contributed by atoms with E-state index in [0.29, 0.717) is 0 Å². The molecule has 0 aliphatic heterocycles. The monoisotopic (exact) mass is 310 g/mol. The van der Waals surface area contributed by atoms with Crippen LogP contribution >= 0.6 is 0 Å². The Labute approximate surface area is 121 Å². The van der Waals surface area contributed by atoms with E-state index in [4.69, 9.17) is 10.8 Å². The third-order valence-corrected chi connectivity index (χ3v) is 4.37. The number of nitrogen functional groups attached to an aromatic ring is 1. The van der Waals surface area contributed by atoms with E-state index < -0.39 is 22.5 Å². The lowest BCUT2D eigenvalue weighted by molar-refractivity contribution is -0.135. The maximum Gasteiger partial charge on any atom is 0.324 e. The summed E-state index contributed by atoms with van der Waals surface area (Å²) in [5.41, 5.74) is 6.02. The van der Waals surface area contributed by atoms with E-state index in [9.17, 15) is 13.2 Å². The second-order valence-corrected chi connectivity index (χ2v) is 6.15. The second-order valence-electron chi connectivity index (χ2n) is 4.34. The average Bonchev–Trinajstić information content (AvgIpc) is 2.84. The minimum atomic E-state index is -4.11. The molecule has 21 heavy (non-hydrogen) atoms. The van der Waals surface area contributed by atoms with Crippen LogP contribution in [0.4, 0.5) is 11.4 Å². The predicted octanol–water partition coefficient (Wildman–Crippen LogP) is 0.282. The highest BCUT2D eigenvalue weighted by Gasteiger charge is 2.30. The van der Waals surface area contributed by atoms with Crippen LogP contribution in [0.1, 0.15) is 0 Å². The number of aromatic nitrogens is 2. The van der Waals surface area contributed by atoms with Crippen LogP contribution in [-0.2, 0) is 21.9 Å². The summed E-state index contributed by atoms with van der Waals surface area (Å²) >= 11 is 0. The summed E-state index contributed by atoms with van der Waals surface area (Å²) in [6.45, 7) is -0.743. The Bertz CT molecular complexity index is 769. The smallest absolute Gasteiger partial charge is 0.324 e. The zero-order valence-corrected chi connectivity index (χ0v) is 12.0. The number of hydrogen-bond donors (Lipinski definition) is 2. The van der Waals surface area contributed by atoms with Crippen LogP contribution in [0.3, 0.4) is 0 Å². The molecule has 2 aromatic rings. The number of nitrogens with zero attached hydrogens (tertiary/aromatic N) is 3. The van der Waals surface area contributed by atoms with E-state index in [0.717, 1.165) is 4.31 Å². The first-order valence-corrected chi connectivity index (χ1v) is 7.33. The Morgan fingerprint density at radius 2 is 2.10 bits per heavy atom. The molecule has 1 aromatic heterocycles. The fourth-order valence-electron chi connectivity index (χ4n) is 1.77. The Balaban J connectivity index is 2.56.